The van der Waals surface area contributed by atoms with Gasteiger partial charge in [0.15, 0.2) is 0 Å². The Morgan fingerprint density at radius 2 is 2.24 bits per heavy atom. The fourth-order valence-corrected chi connectivity index (χ4v) is 2.38. The van der Waals surface area contributed by atoms with Crippen LogP contribution in [0.4, 0.5) is 5.13 Å². The van der Waals surface area contributed by atoms with Crippen LogP contribution in [0.25, 0.3) is 0 Å². The first-order chi connectivity index (χ1) is 8.33. The molecule has 2 heterocycles. The third-order valence-corrected chi connectivity index (χ3v) is 3.60. The van der Waals surface area contributed by atoms with Gasteiger partial charge in [0.05, 0.1) is 6.54 Å². The Morgan fingerprint density at radius 1 is 1.35 bits per heavy atom. The van der Waals surface area contributed by atoms with Crippen molar-refractivity contribution < 1.29 is 0 Å². The van der Waals surface area contributed by atoms with Gasteiger partial charge in [-0.25, -0.2) is 0 Å². The normalized spacial score (nSPS) is 10.7. The van der Waals surface area contributed by atoms with Gasteiger partial charge < -0.3 is 9.88 Å². The van der Waals surface area contributed by atoms with Crippen LogP contribution in [0.1, 0.15) is 31.0 Å². The molecule has 0 fully saturated rings. The van der Waals surface area contributed by atoms with Crippen molar-refractivity contribution in [1.29, 1.82) is 0 Å². The quantitative estimate of drug-likeness (QED) is 0.857. The molecule has 0 saturated carbocycles. The summed E-state index contributed by atoms with van der Waals surface area (Å²) in [5.74, 6) is 0. The Kier molecular flexibility index (Phi) is 4.14. The molecule has 0 bridgehead atoms. The summed E-state index contributed by atoms with van der Waals surface area (Å²) in [5, 5.41) is 13.5. The van der Waals surface area contributed by atoms with E-state index in [2.05, 4.69) is 52.3 Å². The number of aryl methyl sites for hydroxylation is 2. The monoisotopic (exact) mass is 250 g/mol. The lowest BCUT2D eigenvalue weighted by atomic mass is 10.4. The molecular formula is C12H18N4S. The van der Waals surface area contributed by atoms with E-state index in [1.54, 1.807) is 11.3 Å². The van der Waals surface area contributed by atoms with Crippen LogP contribution in [-0.4, -0.2) is 14.8 Å². The van der Waals surface area contributed by atoms with Crippen LogP contribution in [0.3, 0.4) is 0 Å². The number of anilines is 1. The van der Waals surface area contributed by atoms with Crippen molar-refractivity contribution in [2.45, 2.75) is 39.8 Å². The van der Waals surface area contributed by atoms with E-state index in [1.807, 2.05) is 0 Å². The maximum Gasteiger partial charge on any atom is 0.205 e. The van der Waals surface area contributed by atoms with Crippen molar-refractivity contribution in [2.75, 3.05) is 5.32 Å². The van der Waals surface area contributed by atoms with Gasteiger partial charge in [0, 0.05) is 18.4 Å². The van der Waals surface area contributed by atoms with Gasteiger partial charge in [0.2, 0.25) is 5.13 Å². The molecule has 2 rings (SSSR count). The number of nitrogens with one attached hydrogen (secondary N) is 1. The lowest BCUT2D eigenvalue weighted by Crippen LogP contribution is -2.06. The first-order valence-corrected chi connectivity index (χ1v) is 6.85. The molecule has 0 aromatic carbocycles. The minimum Gasteiger partial charge on any atom is -0.355 e. The summed E-state index contributed by atoms with van der Waals surface area (Å²) in [4.78, 5) is 0. The minimum atomic E-state index is 0.811. The molecular weight excluding hydrogens is 232 g/mol. The summed E-state index contributed by atoms with van der Waals surface area (Å²) >= 11 is 1.63. The molecule has 4 nitrogen and oxygen atoms in total. The average molecular weight is 250 g/mol. The minimum absolute atomic E-state index is 0.811. The van der Waals surface area contributed by atoms with Crippen LogP contribution in [0.2, 0.25) is 0 Å². The molecule has 2 aromatic heterocycles. The first kappa shape index (κ1) is 12.1. The number of hydrogen-bond acceptors (Lipinski definition) is 4. The van der Waals surface area contributed by atoms with Gasteiger partial charge in [-0.1, -0.05) is 25.2 Å². The maximum atomic E-state index is 4.11. The first-order valence-electron chi connectivity index (χ1n) is 6.03. The predicted molar refractivity (Wildman–Crippen MR) is 71.3 cm³/mol. The van der Waals surface area contributed by atoms with Gasteiger partial charge in [-0.15, -0.1) is 10.2 Å². The van der Waals surface area contributed by atoms with Crippen molar-refractivity contribution in [2.24, 2.45) is 0 Å². The molecule has 0 aliphatic carbocycles. The van der Waals surface area contributed by atoms with Gasteiger partial charge in [-0.2, -0.15) is 0 Å². The molecule has 0 unspecified atom stereocenters. The number of aromatic nitrogens is 3. The van der Waals surface area contributed by atoms with Crippen LogP contribution in [0.15, 0.2) is 18.3 Å². The van der Waals surface area contributed by atoms with Gasteiger partial charge >= 0.3 is 0 Å². The molecule has 0 amide bonds. The highest BCUT2D eigenvalue weighted by Gasteiger charge is 2.03. The predicted octanol–water partition coefficient (Wildman–Crippen LogP) is 2.92. The summed E-state index contributed by atoms with van der Waals surface area (Å²) in [6, 6.07) is 4.23. The molecule has 0 spiro atoms. The van der Waals surface area contributed by atoms with E-state index in [1.165, 1.54) is 5.69 Å². The molecule has 17 heavy (non-hydrogen) atoms. The van der Waals surface area contributed by atoms with Crippen molar-refractivity contribution in [1.82, 2.24) is 14.8 Å². The molecule has 5 heteroatoms. The van der Waals surface area contributed by atoms with Gasteiger partial charge in [0.25, 0.3) is 0 Å². The number of nitrogens with zero attached hydrogens (tertiary/aromatic N) is 3. The fraction of sp³-hybridized carbons (Fsp3) is 0.500. The molecule has 0 saturated heterocycles. The van der Waals surface area contributed by atoms with Crippen LogP contribution in [0.5, 0.6) is 0 Å². The zero-order valence-corrected chi connectivity index (χ0v) is 11.1. The van der Waals surface area contributed by atoms with Crippen LogP contribution < -0.4 is 5.32 Å². The molecule has 1 N–H and O–H groups in total. The standard InChI is InChI=1S/C12H18N4S/c1-3-7-16-8-5-6-10(16)9-13-12-15-14-11(4-2)17-12/h5-6,8H,3-4,7,9H2,1-2H3,(H,13,15). The second-order valence-corrected chi connectivity index (χ2v) is 4.96. The van der Waals surface area contributed by atoms with Gasteiger partial charge in [-0.3, -0.25) is 0 Å². The molecule has 92 valence electrons. The van der Waals surface area contributed by atoms with E-state index >= 15 is 0 Å². The Morgan fingerprint density at radius 3 is 2.94 bits per heavy atom. The lowest BCUT2D eigenvalue weighted by Gasteiger charge is -2.07. The smallest absolute Gasteiger partial charge is 0.205 e. The van der Waals surface area contributed by atoms with Gasteiger partial charge in [-0.05, 0) is 25.0 Å². The van der Waals surface area contributed by atoms with E-state index in [4.69, 9.17) is 0 Å². The molecule has 0 radical (unpaired) electrons. The lowest BCUT2D eigenvalue weighted by molar-refractivity contribution is 0.654. The van der Waals surface area contributed by atoms with Crippen molar-refractivity contribution in [3.05, 3.63) is 29.0 Å². The molecule has 2 aromatic rings. The highest BCUT2D eigenvalue weighted by Crippen LogP contribution is 2.16. The molecule has 0 aliphatic heterocycles. The highest BCUT2D eigenvalue weighted by molar-refractivity contribution is 7.15. The summed E-state index contributed by atoms with van der Waals surface area (Å²) in [6.45, 7) is 6.16. The number of rotatable bonds is 6. The summed E-state index contributed by atoms with van der Waals surface area (Å²) in [7, 11) is 0. The zero-order valence-electron chi connectivity index (χ0n) is 10.3. The second-order valence-electron chi connectivity index (χ2n) is 3.90. The topological polar surface area (TPSA) is 42.7 Å². The SMILES string of the molecule is CCCn1cccc1CNc1nnc(CC)s1. The maximum absolute atomic E-state index is 4.11. The van der Waals surface area contributed by atoms with E-state index < -0.39 is 0 Å². The van der Waals surface area contributed by atoms with E-state index in [0.29, 0.717) is 0 Å². The Bertz CT molecular complexity index is 461. The number of hydrogen-bond donors (Lipinski definition) is 1. The van der Waals surface area contributed by atoms with E-state index in [-0.39, 0.29) is 0 Å². The third kappa shape index (κ3) is 3.06. The van der Waals surface area contributed by atoms with Crippen LogP contribution >= 0.6 is 11.3 Å². The Hall–Kier alpha value is -1.36. The summed E-state index contributed by atoms with van der Waals surface area (Å²) in [5.41, 5.74) is 1.29. The molecule has 0 atom stereocenters. The van der Waals surface area contributed by atoms with Crippen LogP contribution in [-0.2, 0) is 19.5 Å². The summed E-state index contributed by atoms with van der Waals surface area (Å²) in [6.07, 6.45) is 4.23. The van der Waals surface area contributed by atoms with Crippen LogP contribution in [0, 0.1) is 0 Å². The second kappa shape index (κ2) is 5.82. The van der Waals surface area contributed by atoms with Gasteiger partial charge in [0.1, 0.15) is 5.01 Å². The third-order valence-electron chi connectivity index (χ3n) is 2.58. The highest BCUT2D eigenvalue weighted by atomic mass is 32.1. The Balaban J connectivity index is 1.94. The summed E-state index contributed by atoms with van der Waals surface area (Å²) < 4.78 is 2.27. The van der Waals surface area contributed by atoms with E-state index in [9.17, 15) is 0 Å². The average Bonchev–Trinajstić information content (AvgIpc) is 2.95. The largest absolute Gasteiger partial charge is 0.355 e. The van der Waals surface area contributed by atoms with Crippen molar-refractivity contribution in [3.63, 3.8) is 0 Å². The van der Waals surface area contributed by atoms with Crippen molar-refractivity contribution >= 4 is 16.5 Å². The Labute approximate surface area is 106 Å². The fourth-order valence-electron chi connectivity index (χ4n) is 1.70. The zero-order chi connectivity index (χ0) is 12.1. The molecule has 0 aliphatic rings. The van der Waals surface area contributed by atoms with Crippen molar-refractivity contribution in [3.8, 4) is 0 Å². The van der Waals surface area contributed by atoms with E-state index in [0.717, 1.165) is 36.1 Å².